The molecule has 0 spiro atoms. The SMILES string of the molecule is COc1cc(Cl)ccc1-c1cn(CCCNc2ccc([N+](=O)[O-])c(N)n2)cc1C(=O)NCCNS(=O)(=O)c1ccccc1. The molecule has 0 fully saturated rings. The van der Waals surface area contributed by atoms with Crippen LogP contribution in [0.5, 0.6) is 5.75 Å². The molecule has 15 heteroatoms. The van der Waals surface area contributed by atoms with Crippen LogP contribution in [0.25, 0.3) is 11.1 Å². The molecule has 2 aromatic heterocycles. The predicted molar refractivity (Wildman–Crippen MR) is 164 cm³/mol. The molecule has 0 aliphatic rings. The van der Waals surface area contributed by atoms with Gasteiger partial charge in [0, 0.05) is 60.8 Å². The lowest BCUT2D eigenvalue weighted by molar-refractivity contribution is -0.384. The average molecular weight is 628 g/mol. The molecule has 1 amide bonds. The normalized spacial score (nSPS) is 11.2. The van der Waals surface area contributed by atoms with Gasteiger partial charge >= 0.3 is 5.69 Å². The van der Waals surface area contributed by atoms with Gasteiger partial charge in [-0.1, -0.05) is 29.8 Å². The fourth-order valence-electron chi connectivity index (χ4n) is 4.26. The second kappa shape index (κ2) is 14.0. The summed E-state index contributed by atoms with van der Waals surface area (Å²) in [6, 6.07) is 15.9. The molecule has 0 unspecified atom stereocenters. The number of rotatable bonds is 14. The number of amides is 1. The Bertz CT molecular complexity index is 1710. The number of pyridine rings is 1. The number of carbonyl (C=O) groups excluding carboxylic acids is 1. The van der Waals surface area contributed by atoms with Crippen LogP contribution in [0.15, 0.2) is 78.0 Å². The number of nitrogens with one attached hydrogen (secondary N) is 3. The van der Waals surface area contributed by atoms with Gasteiger partial charge in [0.15, 0.2) is 0 Å². The summed E-state index contributed by atoms with van der Waals surface area (Å²) in [6.45, 7) is 1.05. The van der Waals surface area contributed by atoms with E-state index in [2.05, 4.69) is 20.3 Å². The highest BCUT2D eigenvalue weighted by Gasteiger charge is 2.20. The lowest BCUT2D eigenvalue weighted by Crippen LogP contribution is -2.34. The number of halogens is 1. The Kier molecular flexibility index (Phi) is 10.2. The van der Waals surface area contributed by atoms with E-state index in [1.807, 2.05) is 10.8 Å². The maximum atomic E-state index is 13.3. The molecule has 2 heterocycles. The minimum atomic E-state index is -3.71. The van der Waals surface area contributed by atoms with Crippen molar-refractivity contribution in [1.29, 1.82) is 0 Å². The molecule has 13 nitrogen and oxygen atoms in total. The van der Waals surface area contributed by atoms with Crippen LogP contribution >= 0.6 is 11.6 Å². The Morgan fingerprint density at radius 1 is 1.07 bits per heavy atom. The summed E-state index contributed by atoms with van der Waals surface area (Å²) in [4.78, 5) is 27.8. The second-order valence-electron chi connectivity index (χ2n) is 9.27. The van der Waals surface area contributed by atoms with Crippen molar-refractivity contribution in [3.8, 4) is 16.9 Å². The zero-order chi connectivity index (χ0) is 31.0. The molecule has 5 N–H and O–H groups in total. The van der Waals surface area contributed by atoms with Crippen molar-refractivity contribution in [2.45, 2.75) is 17.9 Å². The molecule has 0 saturated heterocycles. The molecule has 0 aliphatic heterocycles. The lowest BCUT2D eigenvalue weighted by atomic mass is 10.0. The second-order valence-corrected chi connectivity index (χ2v) is 11.5. The molecule has 4 rings (SSSR count). The average Bonchev–Trinajstić information content (AvgIpc) is 3.41. The molecule has 0 bridgehead atoms. The van der Waals surface area contributed by atoms with E-state index < -0.39 is 20.9 Å². The number of nitrogen functional groups attached to an aromatic ring is 1. The molecular formula is C28H30ClN7O6S. The Morgan fingerprint density at radius 3 is 2.53 bits per heavy atom. The number of nitrogens with two attached hydrogens (primary N) is 1. The number of benzene rings is 2. The fourth-order valence-corrected chi connectivity index (χ4v) is 5.47. The highest BCUT2D eigenvalue weighted by Crippen LogP contribution is 2.35. The van der Waals surface area contributed by atoms with E-state index in [1.165, 1.54) is 31.4 Å². The number of aromatic nitrogens is 2. The number of hydrogen-bond donors (Lipinski definition) is 4. The zero-order valence-electron chi connectivity index (χ0n) is 23.1. The van der Waals surface area contributed by atoms with Gasteiger partial charge in [-0.3, -0.25) is 14.9 Å². The Morgan fingerprint density at radius 2 is 1.84 bits per heavy atom. The number of anilines is 2. The van der Waals surface area contributed by atoms with Crippen molar-refractivity contribution in [1.82, 2.24) is 19.6 Å². The zero-order valence-corrected chi connectivity index (χ0v) is 24.7. The molecule has 0 saturated carbocycles. The quantitative estimate of drug-likeness (QED) is 0.0914. The molecule has 0 radical (unpaired) electrons. The third kappa shape index (κ3) is 8.00. The third-order valence-electron chi connectivity index (χ3n) is 6.33. The van der Waals surface area contributed by atoms with Crippen molar-refractivity contribution in [3.63, 3.8) is 0 Å². The van der Waals surface area contributed by atoms with Crippen LogP contribution in [0.2, 0.25) is 5.02 Å². The fraction of sp³-hybridized carbons (Fsp3) is 0.214. The van der Waals surface area contributed by atoms with Crippen LogP contribution in [0, 0.1) is 10.1 Å². The summed E-state index contributed by atoms with van der Waals surface area (Å²) >= 11 is 6.15. The Hall–Kier alpha value is -4.66. The summed E-state index contributed by atoms with van der Waals surface area (Å²) < 4.78 is 34.8. The summed E-state index contributed by atoms with van der Waals surface area (Å²) in [5.74, 6) is 0.322. The molecule has 4 aromatic rings. The van der Waals surface area contributed by atoms with E-state index in [9.17, 15) is 23.3 Å². The van der Waals surface area contributed by atoms with Crippen molar-refractivity contribution in [3.05, 3.63) is 93.8 Å². The van der Waals surface area contributed by atoms with E-state index in [4.69, 9.17) is 22.1 Å². The van der Waals surface area contributed by atoms with E-state index in [0.717, 1.165) is 0 Å². The standard InChI is InChI=1S/C28H30ClN7O6S/c1-42-25-16-19(29)8-9-21(25)22-17-35(15-5-12-31-26-11-10-24(36(38)39)27(30)34-26)18-23(22)28(37)32-13-14-33-43(40,41)20-6-3-2-4-7-20/h2-4,6-11,16-18,33H,5,12-15H2,1H3,(H,32,37)(H3,30,31,34). The number of nitro groups is 1. The van der Waals surface area contributed by atoms with Gasteiger partial charge in [-0.05, 0) is 42.8 Å². The minimum absolute atomic E-state index is 0.00383. The first-order chi connectivity index (χ1) is 20.6. The van der Waals surface area contributed by atoms with E-state index in [-0.39, 0.29) is 29.5 Å². The maximum Gasteiger partial charge on any atom is 0.311 e. The molecule has 226 valence electrons. The first-order valence-corrected chi connectivity index (χ1v) is 15.0. The van der Waals surface area contributed by atoms with Crippen molar-refractivity contribution in [2.24, 2.45) is 0 Å². The smallest absolute Gasteiger partial charge is 0.311 e. The molecule has 2 aromatic carbocycles. The molecule has 0 aliphatic carbocycles. The van der Waals surface area contributed by atoms with Crippen LogP contribution < -0.4 is 25.8 Å². The van der Waals surface area contributed by atoms with Crippen LogP contribution in [0.4, 0.5) is 17.3 Å². The summed E-state index contributed by atoms with van der Waals surface area (Å²) in [5.41, 5.74) is 7.02. The first kappa shape index (κ1) is 31.3. The summed E-state index contributed by atoms with van der Waals surface area (Å²) in [5, 5.41) is 17.3. The Labute approximate surface area is 253 Å². The van der Waals surface area contributed by atoms with Crippen molar-refractivity contribution in [2.75, 3.05) is 37.8 Å². The third-order valence-corrected chi connectivity index (χ3v) is 8.04. The Balaban J connectivity index is 1.44. The van der Waals surface area contributed by atoms with Crippen molar-refractivity contribution < 1.29 is 22.9 Å². The van der Waals surface area contributed by atoms with Crippen molar-refractivity contribution >= 4 is 44.9 Å². The molecule has 0 atom stereocenters. The van der Waals surface area contributed by atoms with Gasteiger partial charge in [-0.25, -0.2) is 18.1 Å². The highest BCUT2D eigenvalue weighted by atomic mass is 35.5. The number of hydrogen-bond acceptors (Lipinski definition) is 9. The number of carbonyl (C=O) groups is 1. The topological polar surface area (TPSA) is 184 Å². The van der Waals surface area contributed by atoms with Gasteiger partial charge in [0.25, 0.3) is 5.91 Å². The van der Waals surface area contributed by atoms with Gasteiger partial charge in [-0.2, -0.15) is 0 Å². The predicted octanol–water partition coefficient (Wildman–Crippen LogP) is 3.91. The van der Waals surface area contributed by atoms with Crippen LogP contribution in [-0.4, -0.2) is 55.5 Å². The number of ether oxygens (including phenoxy) is 1. The minimum Gasteiger partial charge on any atom is -0.496 e. The monoisotopic (exact) mass is 627 g/mol. The summed E-state index contributed by atoms with van der Waals surface area (Å²) in [7, 11) is -2.20. The summed E-state index contributed by atoms with van der Waals surface area (Å²) in [6.07, 6.45) is 4.14. The van der Waals surface area contributed by atoms with Gasteiger partial charge in [0.05, 0.1) is 22.5 Å². The molecular weight excluding hydrogens is 598 g/mol. The number of sulfonamides is 1. The van der Waals surface area contributed by atoms with Crippen LogP contribution in [0.1, 0.15) is 16.8 Å². The van der Waals surface area contributed by atoms with Crippen LogP contribution in [-0.2, 0) is 16.6 Å². The number of aryl methyl sites for hydroxylation is 1. The first-order valence-electron chi connectivity index (χ1n) is 13.1. The number of methoxy groups -OCH3 is 1. The largest absolute Gasteiger partial charge is 0.496 e. The van der Waals surface area contributed by atoms with E-state index in [1.54, 1.807) is 42.6 Å². The van der Waals surface area contributed by atoms with E-state index >= 15 is 0 Å². The van der Waals surface area contributed by atoms with Gasteiger partial charge in [0.1, 0.15) is 11.6 Å². The van der Waals surface area contributed by atoms with Gasteiger partial charge in [-0.15, -0.1) is 0 Å². The maximum absolute atomic E-state index is 13.3. The molecule has 43 heavy (non-hydrogen) atoms. The van der Waals surface area contributed by atoms with Gasteiger partial charge in [0.2, 0.25) is 15.8 Å². The van der Waals surface area contributed by atoms with Gasteiger partial charge < -0.3 is 25.7 Å². The lowest BCUT2D eigenvalue weighted by Gasteiger charge is -2.11. The highest BCUT2D eigenvalue weighted by molar-refractivity contribution is 7.89. The van der Waals surface area contributed by atoms with E-state index in [0.29, 0.717) is 52.8 Å². The number of nitrogens with zero attached hydrogens (tertiary/aromatic N) is 3. The van der Waals surface area contributed by atoms with Crippen LogP contribution in [0.3, 0.4) is 0 Å².